The van der Waals surface area contributed by atoms with Gasteiger partial charge in [0.05, 0.1) is 5.75 Å². The molecule has 0 amide bonds. The molecule has 0 N–H and O–H groups in total. The van der Waals surface area contributed by atoms with Crippen molar-refractivity contribution < 1.29 is 101 Å². The molecule has 44 heavy (non-hydrogen) atoms. The topological polar surface area (TPSA) is 57.9 Å². The van der Waals surface area contributed by atoms with Crippen LogP contribution >= 0.6 is 45.0 Å². The highest BCUT2D eigenvalue weighted by atomic mass is 127. The first-order valence-electron chi connectivity index (χ1n) is 9.79. The number of alkyl halides is 22. The standard InChI is InChI=1S/C6H4F7NS.C5H4ClF7O2S.C5H4F7I/c7-4(5(8,9)10,6(11,12)13)1-2-15-3-14;6-16(14,15)2-1-3(7,4(8,9)10)5(11,12)13;6-3(1-2-13,4(7,8)9)5(10,11)12/h1-2H2;1-2H2;1-2H2. The van der Waals surface area contributed by atoms with Crippen molar-refractivity contribution in [3.05, 3.63) is 0 Å². The van der Waals surface area contributed by atoms with E-state index in [1.54, 1.807) is 0 Å². The molecule has 0 rings (SSSR count). The van der Waals surface area contributed by atoms with Gasteiger partial charge in [-0.3, -0.25) is 0 Å². The fraction of sp³-hybridized carbons (Fsp3) is 0.938. The Bertz CT molecular complexity index is 982. The Morgan fingerprint density at radius 2 is 0.795 bits per heavy atom. The minimum Gasteiger partial charge on any atom is -0.224 e. The van der Waals surface area contributed by atoms with Gasteiger partial charge < -0.3 is 0 Å². The first-order valence-corrected chi connectivity index (χ1v) is 14.8. The van der Waals surface area contributed by atoms with Crippen LogP contribution in [0.4, 0.5) is 92.2 Å². The Balaban J connectivity index is -0.000000576. The molecule has 0 aliphatic rings. The van der Waals surface area contributed by atoms with Crippen molar-refractivity contribution in [1.82, 2.24) is 0 Å². The summed E-state index contributed by atoms with van der Waals surface area (Å²) in [5, 5.41) is 9.16. The van der Waals surface area contributed by atoms with Gasteiger partial charge in [0.1, 0.15) is 5.40 Å². The molecule has 0 aromatic carbocycles. The van der Waals surface area contributed by atoms with E-state index < -0.39 is 98.3 Å². The van der Waals surface area contributed by atoms with E-state index >= 15 is 0 Å². The number of nitrogens with zero attached hydrogens (tertiary/aromatic N) is 1. The van der Waals surface area contributed by atoms with Crippen LogP contribution in [0.1, 0.15) is 19.3 Å². The molecule has 0 radical (unpaired) electrons. The zero-order valence-corrected chi connectivity index (χ0v) is 24.6. The maximum Gasteiger partial charge on any atom is 0.431 e. The Labute approximate surface area is 254 Å². The predicted octanol–water partition coefficient (Wildman–Crippen LogP) is 9.85. The van der Waals surface area contributed by atoms with E-state index in [2.05, 4.69) is 10.7 Å². The maximum atomic E-state index is 12.8. The van der Waals surface area contributed by atoms with E-state index in [9.17, 15) is 101 Å². The highest BCUT2D eigenvalue weighted by molar-refractivity contribution is 14.1. The third kappa shape index (κ3) is 13.6. The van der Waals surface area contributed by atoms with Crippen LogP contribution in [0.2, 0.25) is 0 Å². The second-order valence-electron chi connectivity index (χ2n) is 7.51. The van der Waals surface area contributed by atoms with Crippen molar-refractivity contribution in [2.24, 2.45) is 0 Å². The van der Waals surface area contributed by atoms with Crippen molar-refractivity contribution in [2.75, 3.05) is 15.9 Å². The third-order valence-electron chi connectivity index (χ3n) is 4.44. The first kappa shape index (κ1) is 47.7. The molecule has 0 unspecified atom stereocenters. The Kier molecular flexibility index (Phi) is 17.3. The lowest BCUT2D eigenvalue weighted by Gasteiger charge is -2.29. The lowest BCUT2D eigenvalue weighted by Crippen LogP contribution is -2.53. The summed E-state index contributed by atoms with van der Waals surface area (Å²) in [7, 11) is -0.235. The van der Waals surface area contributed by atoms with Crippen molar-refractivity contribution in [1.29, 1.82) is 5.26 Å². The van der Waals surface area contributed by atoms with E-state index in [1.165, 1.54) is 28.0 Å². The molecule has 266 valence electrons. The Hall–Kier alpha value is -0.660. The number of thiocyanates is 1. The summed E-state index contributed by atoms with van der Waals surface area (Å²) in [6.07, 6.45) is -42.1. The monoisotopic (exact) mass is 875 g/mol. The van der Waals surface area contributed by atoms with Crippen LogP contribution < -0.4 is 0 Å². The van der Waals surface area contributed by atoms with Gasteiger partial charge in [-0.1, -0.05) is 22.6 Å². The number of hydrogen-bond donors (Lipinski definition) is 0. The minimum absolute atomic E-state index is 0.133. The SMILES string of the molecule is FC(F)(F)C(F)(CCI)C(F)(F)F.N#CSCCC(F)(C(F)(F)F)C(F)(F)F.O=S(=O)(Cl)CCC(F)(C(F)(F)F)C(F)(F)F. The molecule has 0 atom stereocenters. The van der Waals surface area contributed by atoms with Gasteiger partial charge in [-0.25, -0.2) is 21.6 Å². The maximum absolute atomic E-state index is 12.8. The quantitative estimate of drug-likeness (QED) is 0.0609. The second-order valence-corrected chi connectivity index (χ2v) is 12.4. The molecule has 0 aliphatic heterocycles. The Morgan fingerprint density at radius 1 is 0.545 bits per heavy atom. The molecule has 0 spiro atoms. The summed E-state index contributed by atoms with van der Waals surface area (Å²) in [4.78, 5) is 0. The van der Waals surface area contributed by atoms with Gasteiger partial charge >= 0.3 is 37.1 Å². The van der Waals surface area contributed by atoms with Crippen LogP contribution in [0.25, 0.3) is 0 Å². The summed E-state index contributed by atoms with van der Waals surface area (Å²) >= 11 is 1.39. The fourth-order valence-corrected chi connectivity index (χ4v) is 3.94. The van der Waals surface area contributed by atoms with Gasteiger partial charge in [0.2, 0.25) is 9.05 Å². The summed E-state index contributed by atoms with van der Waals surface area (Å²) in [5.74, 6) is -2.66. The largest absolute Gasteiger partial charge is 0.431 e. The molecule has 28 heteroatoms. The van der Waals surface area contributed by atoms with E-state index in [4.69, 9.17) is 5.26 Å². The fourth-order valence-electron chi connectivity index (χ4n) is 1.96. The second kappa shape index (κ2) is 16.0. The number of rotatable bonds is 8. The molecule has 0 aromatic heterocycles. The normalized spacial score (nSPS) is 14.6. The van der Waals surface area contributed by atoms with E-state index in [1.807, 2.05) is 0 Å². The minimum atomic E-state index is -6.26. The molecule has 0 bridgehead atoms. The average molecular weight is 876 g/mol. The lowest BCUT2D eigenvalue weighted by atomic mass is 10.0. The van der Waals surface area contributed by atoms with Crippen molar-refractivity contribution in [2.45, 2.75) is 73.3 Å². The smallest absolute Gasteiger partial charge is 0.224 e. The van der Waals surface area contributed by atoms with Crippen LogP contribution in [0.3, 0.4) is 0 Å². The number of thioether (sulfide) groups is 1. The van der Waals surface area contributed by atoms with Crippen molar-refractivity contribution in [3.8, 4) is 5.40 Å². The Morgan fingerprint density at radius 3 is 0.977 bits per heavy atom. The van der Waals surface area contributed by atoms with Gasteiger partial charge in [-0.05, 0) is 11.8 Å². The molecular weight excluding hydrogens is 864 g/mol. The van der Waals surface area contributed by atoms with Crippen LogP contribution in [0.5, 0.6) is 0 Å². The van der Waals surface area contributed by atoms with E-state index in [0.717, 1.165) is 0 Å². The van der Waals surface area contributed by atoms with Gasteiger partial charge in [0.15, 0.2) is 0 Å². The highest BCUT2D eigenvalue weighted by Crippen LogP contribution is 2.50. The molecule has 0 aliphatic carbocycles. The molecular formula is C16H12ClF21INO2S2. The number of halogens is 23. The van der Waals surface area contributed by atoms with Crippen molar-refractivity contribution >= 4 is 54.1 Å². The van der Waals surface area contributed by atoms with E-state index in [0.29, 0.717) is 0 Å². The number of nitriles is 1. The summed E-state index contributed by atoms with van der Waals surface area (Å²) in [6, 6.07) is 0. The van der Waals surface area contributed by atoms with Gasteiger partial charge in [0, 0.05) is 40.1 Å². The van der Waals surface area contributed by atoms with Crippen LogP contribution in [-0.2, 0) is 9.05 Å². The van der Waals surface area contributed by atoms with Crippen molar-refractivity contribution in [3.63, 3.8) is 0 Å². The van der Waals surface area contributed by atoms with Gasteiger partial charge in [0.25, 0.3) is 17.0 Å². The predicted molar refractivity (Wildman–Crippen MR) is 118 cm³/mol. The third-order valence-corrected chi connectivity index (χ3v) is 6.67. The molecule has 3 nitrogen and oxygen atoms in total. The summed E-state index contributed by atoms with van der Waals surface area (Å²) in [6.45, 7) is 0. The van der Waals surface area contributed by atoms with Crippen LogP contribution in [0, 0.1) is 10.7 Å². The molecule has 0 fully saturated rings. The first-order chi connectivity index (χ1) is 18.8. The molecule has 0 aromatic rings. The van der Waals surface area contributed by atoms with Gasteiger partial charge in [-0.2, -0.15) is 84.3 Å². The van der Waals surface area contributed by atoms with E-state index in [-0.39, 0.29) is 11.8 Å². The molecule has 0 saturated heterocycles. The van der Waals surface area contributed by atoms with Crippen LogP contribution in [0.15, 0.2) is 0 Å². The number of hydrogen-bond acceptors (Lipinski definition) is 4. The zero-order valence-electron chi connectivity index (χ0n) is 20.0. The van der Waals surface area contributed by atoms with Crippen LogP contribution in [-0.4, -0.2) is 78.4 Å². The molecule has 0 saturated carbocycles. The van der Waals surface area contributed by atoms with Gasteiger partial charge in [-0.15, -0.1) is 0 Å². The lowest BCUT2D eigenvalue weighted by molar-refractivity contribution is -0.342. The highest BCUT2D eigenvalue weighted by Gasteiger charge is 2.73. The summed E-state index contributed by atoms with van der Waals surface area (Å²) in [5.41, 5.74) is -15.9. The molecule has 0 heterocycles. The zero-order chi connectivity index (χ0) is 36.7. The summed E-state index contributed by atoms with van der Waals surface area (Å²) < 4.78 is 270. The average Bonchev–Trinajstić information content (AvgIpc) is 2.73.